The molecule has 0 bridgehead atoms. The Balaban J connectivity index is 1.63. The molecule has 196 valence electrons. The number of halogens is 1. The van der Waals surface area contributed by atoms with Gasteiger partial charge in [-0.15, -0.1) is 0 Å². The van der Waals surface area contributed by atoms with Crippen molar-refractivity contribution in [1.82, 2.24) is 14.5 Å². The maximum atomic E-state index is 13.4. The van der Waals surface area contributed by atoms with Gasteiger partial charge in [-0.2, -0.15) is 5.26 Å². The van der Waals surface area contributed by atoms with Crippen LogP contribution < -0.4 is 5.73 Å². The van der Waals surface area contributed by atoms with Crippen LogP contribution in [0, 0.1) is 11.3 Å². The Bertz CT molecular complexity index is 1560. The monoisotopic (exact) mass is 539 g/mol. The lowest BCUT2D eigenvalue weighted by molar-refractivity contribution is -0.153. The van der Waals surface area contributed by atoms with Gasteiger partial charge in [0, 0.05) is 36.9 Å². The number of carbonyl (C=O) groups is 2. The average molecular weight is 540 g/mol. The molecule has 3 N–H and O–H groups in total. The van der Waals surface area contributed by atoms with Crippen molar-refractivity contribution in [2.24, 2.45) is 5.73 Å². The Kier molecular flexibility index (Phi) is 7.20. The highest BCUT2D eigenvalue weighted by Gasteiger charge is 2.57. The number of nitrogens with zero attached hydrogens (tertiary/aromatic N) is 4. The van der Waals surface area contributed by atoms with Crippen molar-refractivity contribution in [3.05, 3.63) is 124 Å². The number of carbonyl (C=O) groups excluding carboxylic acids is 1. The Morgan fingerprint density at radius 1 is 1.05 bits per heavy atom. The average Bonchev–Trinajstić information content (AvgIpc) is 3.37. The van der Waals surface area contributed by atoms with Gasteiger partial charge in [0.25, 0.3) is 0 Å². The molecule has 2 atom stereocenters. The van der Waals surface area contributed by atoms with Gasteiger partial charge in [-0.25, -0.2) is 4.98 Å². The van der Waals surface area contributed by atoms with E-state index in [1.807, 2.05) is 47.4 Å². The number of carboxylic acid groups (broad SMARTS) is 1. The number of nitriles is 1. The predicted octanol–water partition coefficient (Wildman–Crippen LogP) is 3.89. The van der Waals surface area contributed by atoms with Crippen molar-refractivity contribution in [2.45, 2.75) is 37.5 Å². The number of fused-ring (bicyclic) bond motifs is 1. The molecule has 3 aromatic carbocycles. The van der Waals surface area contributed by atoms with Crippen LogP contribution in [0.1, 0.15) is 33.5 Å². The van der Waals surface area contributed by atoms with Gasteiger partial charge in [0.1, 0.15) is 0 Å². The highest BCUT2D eigenvalue weighted by atomic mass is 35.5. The Morgan fingerprint density at radius 3 is 2.46 bits per heavy atom. The van der Waals surface area contributed by atoms with Gasteiger partial charge in [0.2, 0.25) is 11.3 Å². The molecule has 2 heterocycles. The Hall–Kier alpha value is -4.45. The fourth-order valence-corrected chi connectivity index (χ4v) is 5.73. The standard InChI is InChI=1S/C30H26ClN5O3/c31-25-7-3-4-22(12-25)17-35-18-24-6-2-1-5-23(24)13-26(35)30(28(33)37,29(38)39)27-15-34-19-36(27)16-21-10-8-20(14-32)9-11-21/h1-12,15,19,26H,13,16-18H2,(H2,33,37)(H,38,39). The number of aliphatic carboxylic acids is 1. The second-order valence-electron chi connectivity index (χ2n) is 9.72. The molecule has 9 heteroatoms. The number of rotatable bonds is 8. The van der Waals surface area contributed by atoms with E-state index < -0.39 is 23.3 Å². The van der Waals surface area contributed by atoms with Gasteiger partial charge in [-0.3, -0.25) is 14.5 Å². The highest BCUT2D eigenvalue weighted by molar-refractivity contribution is 6.30. The number of imidazole rings is 1. The first kappa shape index (κ1) is 26.2. The molecular weight excluding hydrogens is 514 g/mol. The summed E-state index contributed by atoms with van der Waals surface area (Å²) in [6.45, 7) is 1.05. The van der Waals surface area contributed by atoms with Crippen LogP contribution >= 0.6 is 11.6 Å². The highest BCUT2D eigenvalue weighted by Crippen LogP contribution is 2.39. The number of aromatic nitrogens is 2. The van der Waals surface area contributed by atoms with E-state index in [0.717, 1.165) is 22.3 Å². The number of carboxylic acids is 1. The van der Waals surface area contributed by atoms with Crippen LogP contribution in [0.2, 0.25) is 5.02 Å². The molecule has 1 aliphatic rings. The molecular formula is C30H26ClN5O3. The molecule has 2 unspecified atom stereocenters. The molecule has 0 spiro atoms. The second-order valence-corrected chi connectivity index (χ2v) is 10.2. The molecule has 0 saturated carbocycles. The van der Waals surface area contributed by atoms with E-state index in [-0.39, 0.29) is 12.2 Å². The van der Waals surface area contributed by atoms with E-state index >= 15 is 0 Å². The van der Waals surface area contributed by atoms with Crippen LogP contribution in [-0.4, -0.2) is 37.5 Å². The maximum absolute atomic E-state index is 13.4. The van der Waals surface area contributed by atoms with Crippen molar-refractivity contribution >= 4 is 23.5 Å². The third-order valence-corrected chi connectivity index (χ3v) is 7.63. The summed E-state index contributed by atoms with van der Waals surface area (Å²) in [5.41, 5.74) is 8.40. The van der Waals surface area contributed by atoms with E-state index in [0.29, 0.717) is 30.1 Å². The normalized spacial score (nSPS) is 16.6. The Morgan fingerprint density at radius 2 is 1.79 bits per heavy atom. The summed E-state index contributed by atoms with van der Waals surface area (Å²) in [4.78, 5) is 33.0. The fourth-order valence-electron chi connectivity index (χ4n) is 5.52. The largest absolute Gasteiger partial charge is 0.480 e. The van der Waals surface area contributed by atoms with Crippen molar-refractivity contribution in [3.8, 4) is 6.07 Å². The zero-order chi connectivity index (χ0) is 27.6. The molecule has 0 aliphatic carbocycles. The van der Waals surface area contributed by atoms with E-state index in [1.165, 1.54) is 12.5 Å². The van der Waals surface area contributed by atoms with Crippen LogP contribution in [0.15, 0.2) is 85.3 Å². The van der Waals surface area contributed by atoms with Crippen molar-refractivity contribution < 1.29 is 14.7 Å². The van der Waals surface area contributed by atoms with E-state index in [4.69, 9.17) is 22.6 Å². The molecule has 4 aromatic rings. The van der Waals surface area contributed by atoms with E-state index in [9.17, 15) is 14.7 Å². The molecule has 1 amide bonds. The molecule has 0 fully saturated rings. The zero-order valence-corrected chi connectivity index (χ0v) is 21.8. The lowest BCUT2D eigenvalue weighted by Crippen LogP contribution is -2.64. The summed E-state index contributed by atoms with van der Waals surface area (Å²) < 4.78 is 1.65. The summed E-state index contributed by atoms with van der Waals surface area (Å²) in [6, 6.07) is 23.4. The molecule has 8 nitrogen and oxygen atoms in total. The van der Waals surface area contributed by atoms with Crippen LogP contribution in [0.4, 0.5) is 0 Å². The third kappa shape index (κ3) is 4.90. The molecule has 0 saturated heterocycles. The van der Waals surface area contributed by atoms with Crippen molar-refractivity contribution in [3.63, 3.8) is 0 Å². The van der Waals surface area contributed by atoms with Crippen LogP contribution in [0.3, 0.4) is 0 Å². The third-order valence-electron chi connectivity index (χ3n) is 7.40. The summed E-state index contributed by atoms with van der Waals surface area (Å²) >= 11 is 6.25. The SMILES string of the molecule is N#Cc1ccc(Cn2cncc2C(C(N)=O)(C(=O)O)C2Cc3ccccc3CN2Cc2cccc(Cl)c2)cc1. The van der Waals surface area contributed by atoms with Gasteiger partial charge < -0.3 is 15.4 Å². The second kappa shape index (κ2) is 10.7. The summed E-state index contributed by atoms with van der Waals surface area (Å²) in [5.74, 6) is -2.30. The van der Waals surface area contributed by atoms with Gasteiger partial charge in [-0.05, 0) is 52.9 Å². The number of hydrogen-bond acceptors (Lipinski definition) is 5. The number of primary amides is 1. The minimum absolute atomic E-state index is 0.201. The Labute approximate surface area is 230 Å². The molecule has 5 rings (SSSR count). The zero-order valence-electron chi connectivity index (χ0n) is 21.0. The first-order valence-electron chi connectivity index (χ1n) is 12.4. The van der Waals surface area contributed by atoms with Crippen LogP contribution in [0.25, 0.3) is 0 Å². The number of nitrogens with two attached hydrogens (primary N) is 1. The van der Waals surface area contributed by atoms with Crippen LogP contribution in [-0.2, 0) is 41.1 Å². The minimum Gasteiger partial charge on any atom is -0.480 e. The topological polar surface area (TPSA) is 125 Å². The molecule has 0 radical (unpaired) electrons. The fraction of sp³-hybridized carbons (Fsp3) is 0.200. The smallest absolute Gasteiger partial charge is 0.327 e. The first-order chi connectivity index (χ1) is 18.8. The maximum Gasteiger partial charge on any atom is 0.327 e. The number of amides is 1. The molecule has 1 aromatic heterocycles. The summed E-state index contributed by atoms with van der Waals surface area (Å²) in [7, 11) is 0. The quantitative estimate of drug-likeness (QED) is 0.327. The van der Waals surface area contributed by atoms with Gasteiger partial charge in [0.05, 0.1) is 23.7 Å². The summed E-state index contributed by atoms with van der Waals surface area (Å²) in [6.07, 6.45) is 3.22. The van der Waals surface area contributed by atoms with Gasteiger partial charge in [-0.1, -0.05) is 60.1 Å². The van der Waals surface area contributed by atoms with Crippen LogP contribution in [0.5, 0.6) is 0 Å². The predicted molar refractivity (Wildman–Crippen MR) is 146 cm³/mol. The van der Waals surface area contributed by atoms with E-state index in [2.05, 4.69) is 11.1 Å². The lowest BCUT2D eigenvalue weighted by Gasteiger charge is -2.45. The number of hydrogen-bond donors (Lipinski definition) is 2. The van der Waals surface area contributed by atoms with E-state index in [1.54, 1.807) is 34.9 Å². The van der Waals surface area contributed by atoms with Gasteiger partial charge in [0.15, 0.2) is 0 Å². The number of benzene rings is 3. The van der Waals surface area contributed by atoms with Crippen molar-refractivity contribution in [2.75, 3.05) is 0 Å². The lowest BCUT2D eigenvalue weighted by atomic mass is 9.71. The molecule has 1 aliphatic heterocycles. The first-order valence-corrected chi connectivity index (χ1v) is 12.8. The molecule has 39 heavy (non-hydrogen) atoms. The van der Waals surface area contributed by atoms with Gasteiger partial charge >= 0.3 is 5.97 Å². The minimum atomic E-state index is -2.10. The van der Waals surface area contributed by atoms with Crippen molar-refractivity contribution in [1.29, 1.82) is 5.26 Å². The summed E-state index contributed by atoms with van der Waals surface area (Å²) in [5, 5.41) is 20.5.